The number of hydrogen-bond donors (Lipinski definition) is 1. The van der Waals surface area contributed by atoms with Crippen LogP contribution in [-0.2, 0) is 25.7 Å². The number of amides is 1. The summed E-state index contributed by atoms with van der Waals surface area (Å²) in [7, 11) is 0. The lowest BCUT2D eigenvalue weighted by Crippen LogP contribution is -2.37. The molecule has 0 atom stereocenters. The fraction of sp³-hybridized carbons (Fsp3) is 0.385. The summed E-state index contributed by atoms with van der Waals surface area (Å²) < 4.78 is 65.9. The SMILES string of the molecule is CCOC(=O)C1CCN(c2cnc(C(=O)Nc3nc(-c4ccc(F)c(OC(F)(F)F)c4)c(COC(C)=O)s3)cn2)CC1. The van der Waals surface area contributed by atoms with Crippen LogP contribution < -0.4 is 15.0 Å². The quantitative estimate of drug-likeness (QED) is 0.267. The van der Waals surface area contributed by atoms with Crippen LogP contribution in [0.15, 0.2) is 30.6 Å². The monoisotopic (exact) mass is 611 g/mol. The number of carbonyl (C=O) groups is 3. The van der Waals surface area contributed by atoms with Gasteiger partial charge in [-0.15, -0.1) is 13.2 Å². The molecule has 3 aromatic rings. The Morgan fingerprint density at radius 1 is 1.12 bits per heavy atom. The van der Waals surface area contributed by atoms with Crippen LogP contribution in [0.3, 0.4) is 0 Å². The number of nitrogens with one attached hydrogen (secondary N) is 1. The number of alkyl halides is 3. The van der Waals surface area contributed by atoms with Crippen molar-refractivity contribution in [3.05, 3.63) is 47.0 Å². The lowest BCUT2D eigenvalue weighted by atomic mass is 9.97. The van der Waals surface area contributed by atoms with Gasteiger partial charge in [0.2, 0.25) is 0 Å². The van der Waals surface area contributed by atoms with Gasteiger partial charge >= 0.3 is 18.3 Å². The summed E-state index contributed by atoms with van der Waals surface area (Å²) in [6, 6.07) is 2.76. The third kappa shape index (κ3) is 7.90. The van der Waals surface area contributed by atoms with Crippen LogP contribution >= 0.6 is 11.3 Å². The Kier molecular flexibility index (Phi) is 9.55. The van der Waals surface area contributed by atoms with Crippen molar-refractivity contribution in [3.8, 4) is 17.0 Å². The van der Waals surface area contributed by atoms with Gasteiger partial charge < -0.3 is 19.1 Å². The first-order valence-corrected chi connectivity index (χ1v) is 13.5. The molecule has 3 heterocycles. The predicted molar refractivity (Wildman–Crippen MR) is 141 cm³/mol. The number of carbonyl (C=O) groups excluding carboxylic acids is 3. The number of ether oxygens (including phenoxy) is 3. The summed E-state index contributed by atoms with van der Waals surface area (Å²) in [5.74, 6) is -3.47. The zero-order chi connectivity index (χ0) is 30.4. The zero-order valence-electron chi connectivity index (χ0n) is 22.4. The van der Waals surface area contributed by atoms with Gasteiger partial charge in [0.25, 0.3) is 5.91 Å². The Bertz CT molecular complexity index is 1440. The summed E-state index contributed by atoms with van der Waals surface area (Å²) in [5.41, 5.74) is 0.0442. The fourth-order valence-corrected chi connectivity index (χ4v) is 5.01. The highest BCUT2D eigenvalue weighted by Gasteiger charge is 2.33. The minimum Gasteiger partial charge on any atom is -0.466 e. The van der Waals surface area contributed by atoms with Gasteiger partial charge in [-0.3, -0.25) is 19.7 Å². The summed E-state index contributed by atoms with van der Waals surface area (Å²) in [6.07, 6.45) is -1.22. The van der Waals surface area contributed by atoms with E-state index in [1.165, 1.54) is 25.4 Å². The van der Waals surface area contributed by atoms with Crippen LogP contribution in [0.5, 0.6) is 5.75 Å². The minimum atomic E-state index is -5.13. The standard InChI is InChI=1S/C26H25F4N5O6S/c1-3-39-24(38)15-6-8-35(9-7-15)21-12-31-18(11-32-21)23(37)34-25-33-22(20(42-25)13-40-14(2)36)16-4-5-17(27)19(10-16)41-26(28,29)30/h4-5,10-12,15H,3,6-9,13H2,1-2H3,(H,33,34,37). The second-order valence-electron chi connectivity index (χ2n) is 8.99. The van der Waals surface area contributed by atoms with Crippen LogP contribution in [0.1, 0.15) is 42.1 Å². The lowest BCUT2D eigenvalue weighted by molar-refractivity contribution is -0.275. The van der Waals surface area contributed by atoms with Crippen LogP contribution in [0.25, 0.3) is 11.3 Å². The molecule has 1 amide bonds. The van der Waals surface area contributed by atoms with Crippen LogP contribution in [0.4, 0.5) is 28.5 Å². The number of esters is 2. The second kappa shape index (κ2) is 13.1. The zero-order valence-corrected chi connectivity index (χ0v) is 23.2. The summed E-state index contributed by atoms with van der Waals surface area (Å²) in [5, 5.41) is 2.57. The average Bonchev–Trinajstić information content (AvgIpc) is 3.35. The fourth-order valence-electron chi connectivity index (χ4n) is 4.12. The number of rotatable bonds is 9. The predicted octanol–water partition coefficient (Wildman–Crippen LogP) is 4.73. The molecular formula is C26H25F4N5O6S. The molecule has 1 aliphatic heterocycles. The smallest absolute Gasteiger partial charge is 0.466 e. The van der Waals surface area contributed by atoms with E-state index in [1.54, 1.807) is 6.92 Å². The van der Waals surface area contributed by atoms with E-state index in [-0.39, 0.29) is 45.5 Å². The number of anilines is 2. The van der Waals surface area contributed by atoms with Gasteiger partial charge in [0.1, 0.15) is 18.1 Å². The molecular weight excluding hydrogens is 586 g/mol. The number of aromatic nitrogens is 3. The average molecular weight is 612 g/mol. The van der Waals surface area contributed by atoms with Crippen LogP contribution in [0.2, 0.25) is 0 Å². The van der Waals surface area contributed by atoms with E-state index < -0.39 is 29.8 Å². The van der Waals surface area contributed by atoms with Crippen LogP contribution in [0, 0.1) is 11.7 Å². The Morgan fingerprint density at radius 2 is 1.86 bits per heavy atom. The highest BCUT2D eigenvalue weighted by Crippen LogP contribution is 2.36. The lowest BCUT2D eigenvalue weighted by Gasteiger charge is -2.31. The number of nitrogens with zero attached hydrogens (tertiary/aromatic N) is 4. The van der Waals surface area contributed by atoms with Crippen molar-refractivity contribution in [2.24, 2.45) is 5.92 Å². The summed E-state index contributed by atoms with van der Waals surface area (Å²) >= 11 is 0.903. The molecule has 0 radical (unpaired) electrons. The molecule has 11 nitrogen and oxygen atoms in total. The van der Waals surface area contributed by atoms with Crippen molar-refractivity contribution in [1.29, 1.82) is 0 Å². The van der Waals surface area contributed by atoms with E-state index >= 15 is 0 Å². The van der Waals surface area contributed by atoms with Crippen LogP contribution in [-0.4, -0.2) is 58.9 Å². The largest absolute Gasteiger partial charge is 0.573 e. The molecule has 1 N–H and O–H groups in total. The molecule has 0 unspecified atom stereocenters. The Labute approximate surface area is 240 Å². The third-order valence-corrected chi connectivity index (χ3v) is 7.01. The topological polar surface area (TPSA) is 133 Å². The molecule has 1 saturated heterocycles. The first-order valence-electron chi connectivity index (χ1n) is 12.7. The van der Waals surface area contributed by atoms with Crippen molar-refractivity contribution in [2.45, 2.75) is 39.7 Å². The second-order valence-corrected chi connectivity index (χ2v) is 10.1. The number of hydrogen-bond acceptors (Lipinski definition) is 11. The van der Waals surface area contributed by atoms with E-state index in [2.05, 4.69) is 25.0 Å². The summed E-state index contributed by atoms with van der Waals surface area (Å²) in [6.45, 7) is 4.08. The van der Waals surface area contributed by atoms with Gasteiger partial charge in [0, 0.05) is 25.6 Å². The normalized spacial score (nSPS) is 13.9. The van der Waals surface area contributed by atoms with E-state index in [0.717, 1.165) is 23.5 Å². The number of benzene rings is 1. The number of piperidine rings is 1. The third-order valence-electron chi connectivity index (χ3n) is 6.06. The molecule has 1 aromatic carbocycles. The maximum Gasteiger partial charge on any atom is 0.573 e. The molecule has 4 rings (SSSR count). The van der Waals surface area contributed by atoms with Gasteiger partial charge in [-0.1, -0.05) is 11.3 Å². The van der Waals surface area contributed by atoms with Crippen molar-refractivity contribution < 1.29 is 46.2 Å². The highest BCUT2D eigenvalue weighted by molar-refractivity contribution is 7.16. The van der Waals surface area contributed by atoms with Gasteiger partial charge in [-0.05, 0) is 38.0 Å². The molecule has 42 heavy (non-hydrogen) atoms. The number of thiazole rings is 1. The van der Waals surface area contributed by atoms with Crippen molar-refractivity contribution in [2.75, 3.05) is 29.9 Å². The molecule has 1 fully saturated rings. The van der Waals surface area contributed by atoms with Crippen molar-refractivity contribution >= 4 is 40.1 Å². The van der Waals surface area contributed by atoms with E-state index in [1.807, 2.05) is 4.90 Å². The maximum absolute atomic E-state index is 14.0. The number of halogens is 4. The molecule has 1 aliphatic rings. The highest BCUT2D eigenvalue weighted by atomic mass is 32.1. The Balaban J connectivity index is 1.48. The molecule has 224 valence electrons. The Hall–Kier alpha value is -4.34. The molecule has 0 spiro atoms. The molecule has 0 saturated carbocycles. The minimum absolute atomic E-state index is 0.0201. The molecule has 0 bridgehead atoms. The maximum atomic E-state index is 14.0. The summed E-state index contributed by atoms with van der Waals surface area (Å²) in [4.78, 5) is 51.1. The van der Waals surface area contributed by atoms with E-state index in [0.29, 0.717) is 38.4 Å². The first-order chi connectivity index (χ1) is 19.9. The Morgan fingerprint density at radius 3 is 2.48 bits per heavy atom. The molecule has 2 aromatic heterocycles. The van der Waals surface area contributed by atoms with Gasteiger partial charge in [-0.25, -0.2) is 19.3 Å². The van der Waals surface area contributed by atoms with Gasteiger partial charge in [0.15, 0.2) is 16.7 Å². The van der Waals surface area contributed by atoms with Gasteiger partial charge in [0.05, 0.1) is 35.5 Å². The van der Waals surface area contributed by atoms with E-state index in [4.69, 9.17) is 9.47 Å². The first kappa shape index (κ1) is 30.6. The van der Waals surface area contributed by atoms with E-state index in [9.17, 15) is 31.9 Å². The van der Waals surface area contributed by atoms with Crippen molar-refractivity contribution in [1.82, 2.24) is 15.0 Å². The molecule has 0 aliphatic carbocycles. The van der Waals surface area contributed by atoms with Gasteiger partial charge in [-0.2, -0.15) is 0 Å². The molecule has 16 heteroatoms. The van der Waals surface area contributed by atoms with Crippen molar-refractivity contribution in [3.63, 3.8) is 0 Å².